The molecule has 3 nitrogen and oxygen atoms in total. The van der Waals surface area contributed by atoms with E-state index in [1.807, 2.05) is 12.1 Å². The minimum absolute atomic E-state index is 0.181. The Hall–Kier alpha value is -6.84. The summed E-state index contributed by atoms with van der Waals surface area (Å²) < 4.78 is 6.39. The monoisotopic (exact) mass is 692 g/mol. The largest absolute Gasteiger partial charge is 0.455 e. The number of aromatic amines is 1. The number of aromatic nitrogens is 1. The Morgan fingerprint density at radius 1 is 0.426 bits per heavy atom. The number of nitrogens with one attached hydrogen (secondary N) is 1. The second-order valence-corrected chi connectivity index (χ2v) is 15.0. The maximum Gasteiger partial charge on any atom is 0.143 e. The van der Waals surface area contributed by atoms with Crippen LogP contribution in [0.2, 0.25) is 0 Å². The first-order chi connectivity index (χ1) is 26.5. The smallest absolute Gasteiger partial charge is 0.143 e. The molecule has 54 heavy (non-hydrogen) atoms. The Kier molecular flexibility index (Phi) is 6.60. The van der Waals surface area contributed by atoms with E-state index in [1.165, 1.54) is 55.2 Å². The van der Waals surface area contributed by atoms with Gasteiger partial charge in [0.25, 0.3) is 0 Å². The van der Waals surface area contributed by atoms with E-state index in [4.69, 9.17) is 4.42 Å². The summed E-state index contributed by atoms with van der Waals surface area (Å²) in [7, 11) is 0. The van der Waals surface area contributed by atoms with Crippen LogP contribution < -0.4 is 4.90 Å². The van der Waals surface area contributed by atoms with Crippen LogP contribution in [0.5, 0.6) is 0 Å². The molecular weight excluding hydrogens is 657 g/mol. The lowest BCUT2D eigenvalue weighted by Gasteiger charge is -2.28. The Labute approximate surface area is 313 Å². The van der Waals surface area contributed by atoms with Crippen molar-refractivity contribution in [3.05, 3.63) is 187 Å². The van der Waals surface area contributed by atoms with Crippen LogP contribution in [0.1, 0.15) is 25.0 Å². The summed E-state index contributed by atoms with van der Waals surface area (Å²) in [6.07, 6.45) is 0. The fourth-order valence-electron chi connectivity index (χ4n) is 8.86. The molecule has 256 valence electrons. The lowest BCUT2D eigenvalue weighted by molar-refractivity contribution is 0.660. The molecule has 8 aromatic carbocycles. The predicted octanol–water partition coefficient (Wildman–Crippen LogP) is 14.3. The van der Waals surface area contributed by atoms with Crippen LogP contribution in [0.25, 0.3) is 77.1 Å². The van der Waals surface area contributed by atoms with Crippen molar-refractivity contribution in [3.8, 4) is 33.4 Å². The lowest BCUT2D eigenvalue weighted by Crippen LogP contribution is -2.16. The number of furan rings is 1. The number of para-hydroxylation sites is 4. The Balaban J connectivity index is 0.976. The maximum absolute atomic E-state index is 6.39. The number of rotatable bonds is 5. The number of hydrogen-bond donors (Lipinski definition) is 1. The molecule has 0 unspecified atom stereocenters. The van der Waals surface area contributed by atoms with Crippen LogP contribution in [-0.4, -0.2) is 4.98 Å². The van der Waals surface area contributed by atoms with E-state index in [0.717, 1.165) is 50.1 Å². The minimum atomic E-state index is -0.181. The van der Waals surface area contributed by atoms with E-state index in [1.54, 1.807) is 0 Å². The van der Waals surface area contributed by atoms with E-state index in [2.05, 4.69) is 188 Å². The van der Waals surface area contributed by atoms with Crippen molar-refractivity contribution in [3.63, 3.8) is 0 Å². The van der Waals surface area contributed by atoms with Crippen molar-refractivity contribution >= 4 is 60.8 Å². The van der Waals surface area contributed by atoms with E-state index >= 15 is 0 Å². The summed E-state index contributed by atoms with van der Waals surface area (Å²) in [5.74, 6) is 0. The molecule has 1 aliphatic rings. The number of fused-ring (bicyclic) bond motifs is 9. The van der Waals surface area contributed by atoms with Crippen molar-refractivity contribution in [2.45, 2.75) is 19.3 Å². The maximum atomic E-state index is 6.39. The van der Waals surface area contributed by atoms with E-state index in [9.17, 15) is 0 Å². The van der Waals surface area contributed by atoms with Gasteiger partial charge in [-0.2, -0.15) is 0 Å². The summed E-state index contributed by atoms with van der Waals surface area (Å²) in [4.78, 5) is 5.94. The van der Waals surface area contributed by atoms with Crippen molar-refractivity contribution in [2.75, 3.05) is 4.90 Å². The first kappa shape index (κ1) is 30.8. The van der Waals surface area contributed by atoms with Gasteiger partial charge in [0, 0.05) is 60.6 Å². The van der Waals surface area contributed by atoms with Gasteiger partial charge in [0.1, 0.15) is 11.2 Å². The zero-order chi connectivity index (χ0) is 36.0. The molecule has 0 saturated heterocycles. The lowest BCUT2D eigenvalue weighted by atomic mass is 9.81. The predicted molar refractivity (Wildman–Crippen MR) is 226 cm³/mol. The van der Waals surface area contributed by atoms with Crippen molar-refractivity contribution in [1.82, 2.24) is 4.98 Å². The number of benzene rings is 8. The molecule has 11 rings (SSSR count). The van der Waals surface area contributed by atoms with Gasteiger partial charge in [0.2, 0.25) is 0 Å². The molecule has 3 heteroatoms. The summed E-state index contributed by atoms with van der Waals surface area (Å²) in [5.41, 5.74) is 17.4. The number of H-pyrrole nitrogens is 1. The van der Waals surface area contributed by atoms with Crippen molar-refractivity contribution in [2.24, 2.45) is 0 Å². The second kappa shape index (κ2) is 11.6. The molecule has 10 aromatic rings. The van der Waals surface area contributed by atoms with Gasteiger partial charge in [-0.25, -0.2) is 0 Å². The molecule has 1 N–H and O–H groups in total. The Morgan fingerprint density at radius 3 is 1.89 bits per heavy atom. The summed E-state index contributed by atoms with van der Waals surface area (Å²) in [6.45, 7) is 4.74. The van der Waals surface area contributed by atoms with Gasteiger partial charge in [-0.05, 0) is 106 Å². The van der Waals surface area contributed by atoms with Crippen LogP contribution in [0.3, 0.4) is 0 Å². The third kappa shape index (κ3) is 4.61. The highest BCUT2D eigenvalue weighted by atomic mass is 16.3. The number of nitrogens with zero attached hydrogens (tertiary/aromatic N) is 1. The van der Waals surface area contributed by atoms with Crippen molar-refractivity contribution < 1.29 is 4.42 Å². The van der Waals surface area contributed by atoms with Gasteiger partial charge in [-0.15, -0.1) is 0 Å². The molecule has 0 bridgehead atoms. The highest BCUT2D eigenvalue weighted by Crippen LogP contribution is 2.52. The average molecular weight is 693 g/mol. The zero-order valence-electron chi connectivity index (χ0n) is 30.1. The summed E-state index contributed by atoms with van der Waals surface area (Å²) in [5, 5.41) is 4.81. The highest BCUT2D eigenvalue weighted by molar-refractivity contribution is 6.10. The SMILES string of the molecule is CC1(C)c2cc(-c3ccc4[nH]c5ccccc5c4c3)ccc2-c2ccc(N(c3ccccc3)c3ccc(-c4cccc5c4oc4ccccc45)cc3)cc21. The Morgan fingerprint density at radius 2 is 1.04 bits per heavy atom. The molecule has 0 atom stereocenters. The van der Waals surface area contributed by atoms with Crippen LogP contribution in [-0.2, 0) is 5.41 Å². The van der Waals surface area contributed by atoms with Gasteiger partial charge in [-0.1, -0.05) is 123 Å². The molecule has 2 aromatic heterocycles. The first-order valence-electron chi connectivity index (χ1n) is 18.7. The molecule has 0 fully saturated rings. The van der Waals surface area contributed by atoms with Gasteiger partial charge < -0.3 is 14.3 Å². The molecule has 0 amide bonds. The van der Waals surface area contributed by atoms with Gasteiger partial charge >= 0.3 is 0 Å². The topological polar surface area (TPSA) is 32.2 Å². The van der Waals surface area contributed by atoms with Crippen molar-refractivity contribution in [1.29, 1.82) is 0 Å². The third-order valence-corrected chi connectivity index (χ3v) is 11.6. The van der Waals surface area contributed by atoms with Gasteiger partial charge in [0.05, 0.1) is 0 Å². The first-order valence-corrected chi connectivity index (χ1v) is 18.7. The van der Waals surface area contributed by atoms with Crippen LogP contribution in [0.4, 0.5) is 17.1 Å². The van der Waals surface area contributed by atoms with Gasteiger partial charge in [-0.3, -0.25) is 0 Å². The fourth-order valence-corrected chi connectivity index (χ4v) is 8.86. The summed E-state index contributed by atoms with van der Waals surface area (Å²) >= 11 is 0. The molecule has 0 spiro atoms. The van der Waals surface area contributed by atoms with E-state index < -0.39 is 0 Å². The molecule has 0 aliphatic heterocycles. The van der Waals surface area contributed by atoms with Crippen LogP contribution in [0.15, 0.2) is 180 Å². The quantitative estimate of drug-likeness (QED) is 0.195. The fraction of sp³-hybridized carbons (Fsp3) is 0.0588. The number of anilines is 3. The van der Waals surface area contributed by atoms with E-state index in [-0.39, 0.29) is 5.41 Å². The minimum Gasteiger partial charge on any atom is -0.455 e. The number of hydrogen-bond acceptors (Lipinski definition) is 2. The molecule has 2 heterocycles. The van der Waals surface area contributed by atoms with Crippen LogP contribution >= 0.6 is 0 Å². The van der Waals surface area contributed by atoms with Gasteiger partial charge in [0.15, 0.2) is 0 Å². The molecular formula is C51H36N2O. The summed E-state index contributed by atoms with van der Waals surface area (Å²) in [6, 6.07) is 63.7. The highest BCUT2D eigenvalue weighted by Gasteiger charge is 2.36. The normalized spacial score (nSPS) is 13.1. The average Bonchev–Trinajstić information content (AvgIpc) is 3.86. The third-order valence-electron chi connectivity index (χ3n) is 11.6. The standard InChI is InChI=1S/C51H36N2O/c1-51(2)45-30-34(33-22-28-48-44(29-33)41-13-6-8-17-47(41)52-48)21-26-39(45)40-27-25-37(31-46(40)51)53(35-11-4-3-5-12-35)36-23-19-32(20-24-36)38-15-10-16-43-42-14-7-9-18-49(42)54-50(38)43/h3-31,52H,1-2H3. The Bertz CT molecular complexity index is 3070. The zero-order valence-corrected chi connectivity index (χ0v) is 30.1. The molecule has 1 aliphatic carbocycles. The van der Waals surface area contributed by atoms with Crippen LogP contribution in [0, 0.1) is 0 Å². The second-order valence-electron chi connectivity index (χ2n) is 15.0. The van der Waals surface area contributed by atoms with E-state index in [0.29, 0.717) is 0 Å². The molecule has 0 saturated carbocycles. The molecule has 0 radical (unpaired) electrons.